The number of imide groups is 1. The summed E-state index contributed by atoms with van der Waals surface area (Å²) in [5.74, 6) is -0.441. The van der Waals surface area contributed by atoms with Crippen LogP contribution >= 0.6 is 0 Å². The first-order valence-corrected chi connectivity index (χ1v) is 7.39. The Labute approximate surface area is 137 Å². The minimum absolute atomic E-state index is 0.0776. The highest BCUT2D eigenvalue weighted by molar-refractivity contribution is 6.05. The molecule has 0 aliphatic rings. The third kappa shape index (κ3) is 3.19. The van der Waals surface area contributed by atoms with E-state index in [2.05, 4.69) is 15.3 Å². The van der Waals surface area contributed by atoms with Gasteiger partial charge in [-0.15, -0.1) is 0 Å². The highest BCUT2D eigenvalue weighted by Crippen LogP contribution is 2.11. The van der Waals surface area contributed by atoms with Gasteiger partial charge in [0.25, 0.3) is 11.5 Å². The minimum Gasteiger partial charge on any atom is -0.341 e. The molecule has 0 radical (unpaired) electrons. The molecule has 0 aliphatic carbocycles. The average molecular weight is 333 g/mol. The van der Waals surface area contributed by atoms with E-state index in [-0.39, 0.29) is 22.5 Å². The molecule has 0 saturated carbocycles. The predicted octanol–water partition coefficient (Wildman–Crippen LogP) is 0.152. The standard InChI is InChI=1S/C15H19N5O4/c1-8(2)7-20-11-10(12(21)18-15(20)24)5-9(6-17-11)13(22)19(4)14(23)16-3/h5-6,8H,7H2,1-4H3,(H,16,23)(H,18,21,24). The van der Waals surface area contributed by atoms with Gasteiger partial charge in [-0.05, 0) is 12.0 Å². The third-order valence-electron chi connectivity index (χ3n) is 3.45. The van der Waals surface area contributed by atoms with Crippen molar-refractivity contribution in [3.8, 4) is 0 Å². The zero-order chi connectivity index (χ0) is 18.0. The van der Waals surface area contributed by atoms with Gasteiger partial charge in [-0.1, -0.05) is 13.8 Å². The molecule has 0 saturated heterocycles. The van der Waals surface area contributed by atoms with Crippen LogP contribution < -0.4 is 16.6 Å². The molecule has 2 aromatic rings. The number of amides is 3. The zero-order valence-corrected chi connectivity index (χ0v) is 13.9. The number of fused-ring (bicyclic) bond motifs is 1. The Morgan fingerprint density at radius 1 is 1.38 bits per heavy atom. The van der Waals surface area contributed by atoms with Crippen molar-refractivity contribution in [2.24, 2.45) is 5.92 Å². The molecule has 24 heavy (non-hydrogen) atoms. The number of nitrogens with one attached hydrogen (secondary N) is 2. The van der Waals surface area contributed by atoms with E-state index in [0.717, 1.165) is 4.90 Å². The van der Waals surface area contributed by atoms with E-state index in [0.29, 0.717) is 6.54 Å². The number of aromatic amines is 1. The first-order chi connectivity index (χ1) is 11.3. The number of carbonyl (C=O) groups is 2. The number of urea groups is 1. The van der Waals surface area contributed by atoms with Gasteiger partial charge in [-0.25, -0.2) is 14.6 Å². The molecule has 9 nitrogen and oxygen atoms in total. The highest BCUT2D eigenvalue weighted by Gasteiger charge is 2.19. The Kier molecular flexibility index (Phi) is 4.82. The second-order valence-electron chi connectivity index (χ2n) is 5.78. The number of rotatable bonds is 3. The topological polar surface area (TPSA) is 117 Å². The molecule has 0 unspecified atom stereocenters. The quantitative estimate of drug-likeness (QED) is 0.829. The zero-order valence-electron chi connectivity index (χ0n) is 13.9. The summed E-state index contributed by atoms with van der Waals surface area (Å²) >= 11 is 0. The summed E-state index contributed by atoms with van der Waals surface area (Å²) < 4.78 is 1.36. The number of aromatic nitrogens is 3. The molecule has 9 heteroatoms. The number of carbonyl (C=O) groups excluding carboxylic acids is 2. The summed E-state index contributed by atoms with van der Waals surface area (Å²) in [6.45, 7) is 4.24. The van der Waals surface area contributed by atoms with Crippen molar-refractivity contribution in [2.45, 2.75) is 20.4 Å². The summed E-state index contributed by atoms with van der Waals surface area (Å²) in [7, 11) is 2.72. The first kappa shape index (κ1) is 17.4. The second-order valence-corrected chi connectivity index (χ2v) is 5.78. The normalized spacial score (nSPS) is 10.9. The van der Waals surface area contributed by atoms with Crippen molar-refractivity contribution in [3.63, 3.8) is 0 Å². The molecule has 128 valence electrons. The van der Waals surface area contributed by atoms with Crippen LogP contribution in [0.1, 0.15) is 24.2 Å². The van der Waals surface area contributed by atoms with Crippen molar-refractivity contribution in [1.82, 2.24) is 24.8 Å². The Morgan fingerprint density at radius 3 is 2.62 bits per heavy atom. The Balaban J connectivity index is 2.60. The summed E-state index contributed by atoms with van der Waals surface area (Å²) in [5, 5.41) is 2.45. The van der Waals surface area contributed by atoms with Crippen molar-refractivity contribution >= 4 is 23.0 Å². The Bertz CT molecular complexity index is 912. The van der Waals surface area contributed by atoms with Gasteiger partial charge >= 0.3 is 11.7 Å². The van der Waals surface area contributed by atoms with Crippen molar-refractivity contribution < 1.29 is 9.59 Å². The largest absolute Gasteiger partial charge is 0.341 e. The lowest BCUT2D eigenvalue weighted by atomic mass is 10.2. The van der Waals surface area contributed by atoms with Gasteiger partial charge in [-0.3, -0.25) is 24.0 Å². The highest BCUT2D eigenvalue weighted by atomic mass is 16.2. The maximum absolute atomic E-state index is 12.3. The third-order valence-corrected chi connectivity index (χ3v) is 3.45. The van der Waals surface area contributed by atoms with E-state index < -0.39 is 23.2 Å². The van der Waals surface area contributed by atoms with Crippen LogP contribution in [0.2, 0.25) is 0 Å². The lowest BCUT2D eigenvalue weighted by Gasteiger charge is -2.15. The van der Waals surface area contributed by atoms with E-state index in [9.17, 15) is 19.2 Å². The van der Waals surface area contributed by atoms with Crippen LogP contribution in [0.3, 0.4) is 0 Å². The van der Waals surface area contributed by atoms with E-state index in [1.165, 1.54) is 30.9 Å². The number of hydrogen-bond acceptors (Lipinski definition) is 5. The van der Waals surface area contributed by atoms with Gasteiger partial charge < -0.3 is 5.32 Å². The van der Waals surface area contributed by atoms with Gasteiger partial charge in [0.05, 0.1) is 10.9 Å². The molecule has 2 heterocycles. The molecule has 2 N–H and O–H groups in total. The number of pyridine rings is 1. The van der Waals surface area contributed by atoms with E-state index in [4.69, 9.17) is 0 Å². The SMILES string of the molecule is CNC(=O)N(C)C(=O)c1cnc2c(c1)c(=O)[nH]c(=O)n2CC(C)C. The molecule has 2 aromatic heterocycles. The fourth-order valence-electron chi connectivity index (χ4n) is 2.27. The molecule has 0 bridgehead atoms. The molecule has 0 aromatic carbocycles. The maximum Gasteiger partial charge on any atom is 0.330 e. The number of nitrogens with zero attached hydrogens (tertiary/aromatic N) is 3. The fraction of sp³-hybridized carbons (Fsp3) is 0.400. The van der Waals surface area contributed by atoms with Crippen LogP contribution in [0.25, 0.3) is 11.0 Å². The van der Waals surface area contributed by atoms with Crippen LogP contribution in [0.15, 0.2) is 21.9 Å². The molecule has 3 amide bonds. The second kappa shape index (κ2) is 6.65. The summed E-state index contributed by atoms with van der Waals surface area (Å²) in [5.41, 5.74) is -0.888. The van der Waals surface area contributed by atoms with Gasteiger partial charge in [0.1, 0.15) is 5.65 Å². The van der Waals surface area contributed by atoms with Crippen LogP contribution in [0.5, 0.6) is 0 Å². The number of hydrogen-bond donors (Lipinski definition) is 2. The monoisotopic (exact) mass is 333 g/mol. The van der Waals surface area contributed by atoms with Crippen LogP contribution in [-0.4, -0.2) is 45.5 Å². The van der Waals surface area contributed by atoms with E-state index in [1.807, 2.05) is 13.8 Å². The molecular weight excluding hydrogens is 314 g/mol. The molecule has 2 rings (SSSR count). The van der Waals surface area contributed by atoms with E-state index >= 15 is 0 Å². The lowest BCUT2D eigenvalue weighted by Crippen LogP contribution is -2.39. The molecule has 0 aliphatic heterocycles. The van der Waals surface area contributed by atoms with Gasteiger partial charge in [0, 0.05) is 26.8 Å². The number of H-pyrrole nitrogens is 1. The minimum atomic E-state index is -0.625. The van der Waals surface area contributed by atoms with Gasteiger partial charge in [-0.2, -0.15) is 0 Å². The van der Waals surface area contributed by atoms with Crippen LogP contribution in [0, 0.1) is 5.92 Å². The maximum atomic E-state index is 12.3. The first-order valence-electron chi connectivity index (χ1n) is 7.39. The fourth-order valence-corrected chi connectivity index (χ4v) is 2.27. The lowest BCUT2D eigenvalue weighted by molar-refractivity contribution is 0.0832. The van der Waals surface area contributed by atoms with Gasteiger partial charge in [0.2, 0.25) is 0 Å². The molecular formula is C15H19N5O4. The molecule has 0 fully saturated rings. The smallest absolute Gasteiger partial charge is 0.330 e. The van der Waals surface area contributed by atoms with Crippen LogP contribution in [0.4, 0.5) is 4.79 Å². The Hall–Kier alpha value is -2.97. The summed E-state index contributed by atoms with van der Waals surface area (Å²) in [6, 6.07) is 0.748. The van der Waals surface area contributed by atoms with Crippen molar-refractivity contribution in [3.05, 3.63) is 38.7 Å². The van der Waals surface area contributed by atoms with Crippen molar-refractivity contribution in [2.75, 3.05) is 14.1 Å². The van der Waals surface area contributed by atoms with Gasteiger partial charge in [0.15, 0.2) is 0 Å². The average Bonchev–Trinajstić information content (AvgIpc) is 2.55. The summed E-state index contributed by atoms with van der Waals surface area (Å²) in [6.07, 6.45) is 1.25. The molecule has 0 spiro atoms. The molecule has 0 atom stereocenters. The predicted molar refractivity (Wildman–Crippen MR) is 88.0 cm³/mol. The summed E-state index contributed by atoms with van der Waals surface area (Å²) in [4.78, 5) is 55.1. The van der Waals surface area contributed by atoms with Crippen LogP contribution in [-0.2, 0) is 6.54 Å². The Morgan fingerprint density at radius 2 is 2.04 bits per heavy atom. The van der Waals surface area contributed by atoms with E-state index in [1.54, 1.807) is 0 Å². The van der Waals surface area contributed by atoms with Crippen molar-refractivity contribution in [1.29, 1.82) is 0 Å².